The van der Waals surface area contributed by atoms with Crippen LogP contribution < -0.4 is 4.72 Å². The molecule has 3 rings (SSSR count). The first-order valence-corrected chi connectivity index (χ1v) is 11.4. The number of aliphatic imine (C=N–C) groups is 1. The molecule has 0 spiro atoms. The van der Waals surface area contributed by atoms with Crippen molar-refractivity contribution < 1.29 is 8.42 Å². The van der Waals surface area contributed by atoms with Gasteiger partial charge in [0.2, 0.25) is 5.96 Å². The second-order valence-electron chi connectivity index (χ2n) is 7.08. The Morgan fingerprint density at radius 3 is 2.59 bits per heavy atom. The monoisotopic (exact) mass is 432 g/mol. The number of halogens is 1. The van der Waals surface area contributed by atoms with Crippen molar-refractivity contribution in [3.63, 3.8) is 0 Å². The molecular weight excluding hydrogens is 408 g/mol. The zero-order chi connectivity index (χ0) is 21.0. The van der Waals surface area contributed by atoms with E-state index in [1.807, 2.05) is 37.3 Å². The van der Waals surface area contributed by atoms with Crippen LogP contribution in [0.2, 0.25) is 5.02 Å². The van der Waals surface area contributed by atoms with Gasteiger partial charge in [-0.15, -0.1) is 0 Å². The Morgan fingerprint density at radius 2 is 1.97 bits per heavy atom. The highest BCUT2D eigenvalue weighted by Gasteiger charge is 2.34. The van der Waals surface area contributed by atoms with Crippen LogP contribution in [0.4, 0.5) is 0 Å². The second kappa shape index (κ2) is 8.97. The summed E-state index contributed by atoms with van der Waals surface area (Å²) in [6.45, 7) is 6.43. The van der Waals surface area contributed by atoms with Crippen LogP contribution in [0.15, 0.2) is 69.6 Å². The Bertz CT molecular complexity index is 1020. The third-order valence-corrected chi connectivity index (χ3v) is 6.20. The predicted octanol–water partition coefficient (Wildman–Crippen LogP) is 4.45. The van der Waals surface area contributed by atoms with Crippen LogP contribution in [0.25, 0.3) is 0 Å². The number of hydrogen-bond donors (Lipinski definition) is 1. The Morgan fingerprint density at radius 1 is 1.24 bits per heavy atom. The van der Waals surface area contributed by atoms with Gasteiger partial charge in [-0.1, -0.05) is 61.8 Å². The van der Waals surface area contributed by atoms with Crippen LogP contribution in [0, 0.1) is 5.92 Å². The molecule has 0 aliphatic carbocycles. The van der Waals surface area contributed by atoms with Crippen molar-refractivity contribution >= 4 is 33.3 Å². The van der Waals surface area contributed by atoms with Crippen molar-refractivity contribution in [2.24, 2.45) is 16.0 Å². The van der Waals surface area contributed by atoms with Gasteiger partial charge in [-0.2, -0.15) is 5.10 Å². The first kappa shape index (κ1) is 21.3. The maximum atomic E-state index is 13.0. The first-order valence-electron chi connectivity index (χ1n) is 9.56. The molecule has 154 valence electrons. The first-order chi connectivity index (χ1) is 13.8. The summed E-state index contributed by atoms with van der Waals surface area (Å²) < 4.78 is 28.5. The smallest absolute Gasteiger partial charge is 0.251 e. The van der Waals surface area contributed by atoms with Crippen molar-refractivity contribution in [1.82, 2.24) is 9.73 Å². The SMILES string of the molecule is CCN=C(NS(=O)(=O)c1cccc(Cl)c1)N1N=C(C(C)C)CC1c1ccccc1. The number of hydrazone groups is 1. The molecule has 0 radical (unpaired) electrons. The second-order valence-corrected chi connectivity index (χ2v) is 9.20. The van der Waals surface area contributed by atoms with Gasteiger partial charge in [0, 0.05) is 23.7 Å². The third kappa shape index (κ3) is 4.97. The molecule has 0 fully saturated rings. The highest BCUT2D eigenvalue weighted by Crippen LogP contribution is 2.33. The minimum absolute atomic E-state index is 0.0809. The largest absolute Gasteiger partial charge is 0.264 e. The van der Waals surface area contributed by atoms with E-state index in [2.05, 4.69) is 23.6 Å². The molecule has 1 heterocycles. The number of nitrogens with zero attached hydrogens (tertiary/aromatic N) is 3. The van der Waals surface area contributed by atoms with Crippen LogP contribution in [-0.2, 0) is 10.0 Å². The Hall–Kier alpha value is -2.38. The van der Waals surface area contributed by atoms with Crippen molar-refractivity contribution in [3.8, 4) is 0 Å². The van der Waals surface area contributed by atoms with E-state index in [0.717, 1.165) is 11.3 Å². The van der Waals surface area contributed by atoms with Crippen molar-refractivity contribution in [3.05, 3.63) is 65.2 Å². The van der Waals surface area contributed by atoms with Crippen LogP contribution in [0.5, 0.6) is 0 Å². The third-order valence-electron chi connectivity index (χ3n) is 4.64. The molecule has 6 nitrogen and oxygen atoms in total. The van der Waals surface area contributed by atoms with Gasteiger partial charge in [-0.25, -0.2) is 18.1 Å². The van der Waals surface area contributed by atoms with E-state index in [-0.39, 0.29) is 22.8 Å². The van der Waals surface area contributed by atoms with Gasteiger partial charge in [0.1, 0.15) is 0 Å². The van der Waals surface area contributed by atoms with Gasteiger partial charge < -0.3 is 0 Å². The average Bonchev–Trinajstić information content (AvgIpc) is 3.14. The van der Waals surface area contributed by atoms with Gasteiger partial charge in [0.25, 0.3) is 10.0 Å². The average molecular weight is 433 g/mol. The van der Waals surface area contributed by atoms with Crippen molar-refractivity contribution in [1.29, 1.82) is 0 Å². The zero-order valence-electron chi connectivity index (χ0n) is 16.7. The Balaban J connectivity index is 1.98. The lowest BCUT2D eigenvalue weighted by molar-refractivity contribution is 0.361. The lowest BCUT2D eigenvalue weighted by Gasteiger charge is -2.25. The van der Waals surface area contributed by atoms with Gasteiger partial charge in [-0.05, 0) is 36.6 Å². The summed E-state index contributed by atoms with van der Waals surface area (Å²) >= 11 is 5.98. The summed E-state index contributed by atoms with van der Waals surface area (Å²) in [6.07, 6.45) is 0.712. The van der Waals surface area contributed by atoms with E-state index >= 15 is 0 Å². The number of nitrogens with one attached hydrogen (secondary N) is 1. The molecule has 0 saturated heterocycles. The zero-order valence-corrected chi connectivity index (χ0v) is 18.3. The predicted molar refractivity (Wildman–Crippen MR) is 118 cm³/mol. The molecule has 1 atom stereocenters. The quantitative estimate of drug-likeness (QED) is 0.560. The highest BCUT2D eigenvalue weighted by atomic mass is 35.5. The molecule has 1 unspecified atom stereocenters. The van der Waals surface area contributed by atoms with Crippen LogP contribution in [0.3, 0.4) is 0 Å². The molecule has 0 saturated carbocycles. The summed E-state index contributed by atoms with van der Waals surface area (Å²) in [6, 6.07) is 15.9. The van der Waals surface area contributed by atoms with Gasteiger partial charge >= 0.3 is 0 Å². The maximum absolute atomic E-state index is 13.0. The fourth-order valence-electron chi connectivity index (χ4n) is 3.13. The number of sulfonamides is 1. The van der Waals surface area contributed by atoms with Gasteiger partial charge in [0.15, 0.2) is 0 Å². The number of benzene rings is 2. The Labute approximate surface area is 177 Å². The summed E-state index contributed by atoms with van der Waals surface area (Å²) in [5.41, 5.74) is 2.06. The molecule has 2 aromatic carbocycles. The molecule has 29 heavy (non-hydrogen) atoms. The Kier molecular flexibility index (Phi) is 6.59. The van der Waals surface area contributed by atoms with E-state index < -0.39 is 10.0 Å². The van der Waals surface area contributed by atoms with Gasteiger partial charge in [-0.3, -0.25) is 4.99 Å². The van der Waals surface area contributed by atoms with Crippen LogP contribution >= 0.6 is 11.6 Å². The lowest BCUT2D eigenvalue weighted by atomic mass is 9.97. The minimum Gasteiger partial charge on any atom is -0.251 e. The molecule has 2 aromatic rings. The van der Waals surface area contributed by atoms with Crippen LogP contribution in [0.1, 0.15) is 38.8 Å². The van der Waals surface area contributed by atoms with E-state index in [4.69, 9.17) is 16.7 Å². The van der Waals surface area contributed by atoms with Crippen molar-refractivity contribution in [2.75, 3.05) is 6.54 Å². The minimum atomic E-state index is -3.86. The van der Waals surface area contributed by atoms with Crippen molar-refractivity contribution in [2.45, 2.75) is 38.1 Å². The van der Waals surface area contributed by atoms with Gasteiger partial charge in [0.05, 0.1) is 10.9 Å². The van der Waals surface area contributed by atoms with E-state index in [0.29, 0.717) is 18.0 Å². The fraction of sp³-hybridized carbons (Fsp3) is 0.333. The molecular formula is C21H25ClN4O2S. The standard InChI is InChI=1S/C21H25ClN4O2S/c1-4-23-21(25-29(27,28)18-12-8-11-17(22)13-18)26-20(14-19(24-26)15(2)3)16-9-6-5-7-10-16/h5-13,15,20H,4,14H2,1-3H3,(H,23,25). The lowest BCUT2D eigenvalue weighted by Crippen LogP contribution is -2.42. The summed E-state index contributed by atoms with van der Waals surface area (Å²) in [4.78, 5) is 4.50. The summed E-state index contributed by atoms with van der Waals surface area (Å²) in [5.74, 6) is 0.454. The number of hydrogen-bond acceptors (Lipinski definition) is 4. The highest BCUT2D eigenvalue weighted by molar-refractivity contribution is 7.90. The van der Waals surface area contributed by atoms with E-state index in [1.54, 1.807) is 17.1 Å². The molecule has 8 heteroatoms. The summed E-state index contributed by atoms with van der Waals surface area (Å²) in [7, 11) is -3.86. The van der Waals surface area contributed by atoms with E-state index in [9.17, 15) is 8.42 Å². The van der Waals surface area contributed by atoms with E-state index in [1.165, 1.54) is 12.1 Å². The normalized spacial score (nSPS) is 17.6. The number of guanidine groups is 1. The van der Waals surface area contributed by atoms with Crippen LogP contribution in [-0.4, -0.2) is 31.6 Å². The molecule has 1 N–H and O–H groups in total. The maximum Gasteiger partial charge on any atom is 0.264 e. The number of rotatable bonds is 5. The molecule has 0 aromatic heterocycles. The molecule has 1 aliphatic heterocycles. The molecule has 1 aliphatic rings. The topological polar surface area (TPSA) is 74.1 Å². The summed E-state index contributed by atoms with van der Waals surface area (Å²) in [5, 5.41) is 6.77. The fourth-order valence-corrected chi connectivity index (χ4v) is 4.44. The molecule has 0 bridgehead atoms. The molecule has 0 amide bonds.